The van der Waals surface area contributed by atoms with Crippen LogP contribution in [-0.2, 0) is 15.1 Å². The molecule has 0 bridgehead atoms. The summed E-state index contributed by atoms with van der Waals surface area (Å²) in [5.74, 6) is -1.02. The molecule has 5 rings (SSSR count). The molecule has 31 heavy (non-hydrogen) atoms. The first kappa shape index (κ1) is 21.4. The van der Waals surface area contributed by atoms with Crippen molar-refractivity contribution in [1.29, 1.82) is 0 Å². The van der Waals surface area contributed by atoms with Gasteiger partial charge in [-0.3, -0.25) is 0 Å². The van der Waals surface area contributed by atoms with Gasteiger partial charge in [0.05, 0.1) is 33.2 Å². The van der Waals surface area contributed by atoms with Crippen molar-refractivity contribution < 1.29 is 14.6 Å². The van der Waals surface area contributed by atoms with Crippen LogP contribution in [0.5, 0.6) is 0 Å². The van der Waals surface area contributed by atoms with Crippen LogP contribution in [0.25, 0.3) is 11.0 Å². The maximum atomic E-state index is 11.7. The third-order valence-corrected chi connectivity index (χ3v) is 7.52. The number of rotatable bonds is 3. The van der Waals surface area contributed by atoms with Crippen LogP contribution >= 0.6 is 34.8 Å². The fraction of sp³-hybridized carbons (Fsp3) is 0.455. The molecule has 1 aliphatic carbocycles. The fourth-order valence-corrected chi connectivity index (χ4v) is 5.50. The van der Waals surface area contributed by atoms with Crippen molar-refractivity contribution in [2.45, 2.75) is 56.8 Å². The maximum Gasteiger partial charge on any atom is 0.163 e. The molecule has 9 heteroatoms. The zero-order valence-corrected chi connectivity index (χ0v) is 19.5. The van der Waals surface area contributed by atoms with Crippen LogP contribution in [0.2, 0.25) is 15.2 Å². The van der Waals surface area contributed by atoms with Crippen LogP contribution in [0.1, 0.15) is 38.8 Å². The summed E-state index contributed by atoms with van der Waals surface area (Å²) < 4.78 is 14.7. The van der Waals surface area contributed by atoms with Gasteiger partial charge >= 0.3 is 0 Å². The fourth-order valence-electron chi connectivity index (χ4n) is 5.01. The molecule has 1 saturated carbocycles. The molecule has 6 nitrogen and oxygen atoms in total. The van der Waals surface area contributed by atoms with Gasteiger partial charge in [-0.2, -0.15) is 0 Å². The van der Waals surface area contributed by atoms with Gasteiger partial charge in [-0.1, -0.05) is 40.9 Å². The molecule has 2 fully saturated rings. The average molecular weight is 483 g/mol. The lowest BCUT2D eigenvalue weighted by molar-refractivity contribution is -0.172. The van der Waals surface area contributed by atoms with E-state index in [9.17, 15) is 5.11 Å². The van der Waals surface area contributed by atoms with Gasteiger partial charge in [0.2, 0.25) is 0 Å². The molecule has 3 heterocycles. The molecule has 1 unspecified atom stereocenters. The van der Waals surface area contributed by atoms with Crippen molar-refractivity contribution in [3.05, 3.63) is 57.6 Å². The zero-order valence-electron chi connectivity index (χ0n) is 17.2. The highest BCUT2D eigenvalue weighted by Crippen LogP contribution is 2.53. The van der Waals surface area contributed by atoms with E-state index in [0.717, 1.165) is 11.0 Å². The Morgan fingerprint density at radius 2 is 1.84 bits per heavy atom. The van der Waals surface area contributed by atoms with Crippen LogP contribution in [-0.4, -0.2) is 37.6 Å². The molecule has 3 aromatic rings. The van der Waals surface area contributed by atoms with E-state index in [-0.39, 0.29) is 24.2 Å². The Morgan fingerprint density at radius 3 is 2.58 bits per heavy atom. The Labute approximate surface area is 195 Å². The molecule has 1 aromatic carbocycles. The molecular formula is C22H22Cl3N3O3. The minimum Gasteiger partial charge on any atom is -0.385 e. The molecule has 1 aliphatic heterocycles. The quantitative estimate of drug-likeness (QED) is 0.508. The highest BCUT2D eigenvalue weighted by Gasteiger charge is 2.59. The Hall–Kier alpha value is -1.41. The molecule has 0 radical (unpaired) electrons. The number of hydrogen-bond acceptors (Lipinski definition) is 5. The number of hydrogen-bond donors (Lipinski definition) is 1. The van der Waals surface area contributed by atoms with Crippen LogP contribution in [0.4, 0.5) is 0 Å². The first-order valence-electron chi connectivity index (χ1n) is 10.1. The van der Waals surface area contributed by atoms with Gasteiger partial charge in [0.1, 0.15) is 23.2 Å². The molecular weight excluding hydrogens is 461 g/mol. The summed E-state index contributed by atoms with van der Waals surface area (Å²) in [5, 5.41) is 13.7. The molecule has 2 aromatic heterocycles. The monoisotopic (exact) mass is 481 g/mol. The minimum atomic E-state index is -1.22. The molecule has 0 spiro atoms. The van der Waals surface area contributed by atoms with E-state index in [4.69, 9.17) is 44.3 Å². The first-order chi connectivity index (χ1) is 14.6. The zero-order chi connectivity index (χ0) is 22.1. The van der Waals surface area contributed by atoms with Crippen LogP contribution in [0.15, 0.2) is 36.8 Å². The number of fused-ring (bicyclic) bond motifs is 2. The third kappa shape index (κ3) is 3.45. The summed E-state index contributed by atoms with van der Waals surface area (Å²) >= 11 is 18.6. The van der Waals surface area contributed by atoms with Gasteiger partial charge in [0.25, 0.3) is 0 Å². The van der Waals surface area contributed by atoms with Crippen molar-refractivity contribution in [2.75, 3.05) is 0 Å². The normalized spacial score (nSPS) is 29.3. The largest absolute Gasteiger partial charge is 0.385 e. The number of benzene rings is 1. The predicted octanol–water partition coefficient (Wildman–Crippen LogP) is 5.38. The van der Waals surface area contributed by atoms with Crippen LogP contribution in [0.3, 0.4) is 0 Å². The van der Waals surface area contributed by atoms with Gasteiger partial charge in [-0.05, 0) is 51.0 Å². The highest BCUT2D eigenvalue weighted by atomic mass is 35.5. The summed E-state index contributed by atoms with van der Waals surface area (Å²) in [6.07, 6.45) is 3.42. The Bertz CT molecular complexity index is 1160. The van der Waals surface area contributed by atoms with E-state index in [1.54, 1.807) is 25.1 Å². The first-order valence-corrected chi connectivity index (χ1v) is 11.2. The lowest BCUT2D eigenvalue weighted by Crippen LogP contribution is -2.39. The highest BCUT2D eigenvalue weighted by molar-refractivity contribution is 6.42. The van der Waals surface area contributed by atoms with Gasteiger partial charge in [-0.15, -0.1) is 0 Å². The van der Waals surface area contributed by atoms with E-state index in [1.807, 2.05) is 26.1 Å². The Balaban J connectivity index is 1.58. The number of halogens is 3. The maximum absolute atomic E-state index is 11.7. The number of aromatic nitrogens is 3. The van der Waals surface area contributed by atoms with Crippen molar-refractivity contribution >= 4 is 45.8 Å². The molecule has 164 valence electrons. The summed E-state index contributed by atoms with van der Waals surface area (Å²) in [5.41, 5.74) is 0.194. The van der Waals surface area contributed by atoms with E-state index >= 15 is 0 Å². The number of aliphatic hydroxyl groups is 1. The smallest absolute Gasteiger partial charge is 0.163 e. The summed E-state index contributed by atoms with van der Waals surface area (Å²) in [7, 11) is 0. The number of nitrogens with zero attached hydrogens (tertiary/aromatic N) is 3. The van der Waals surface area contributed by atoms with Gasteiger partial charge < -0.3 is 19.1 Å². The van der Waals surface area contributed by atoms with Crippen molar-refractivity contribution in [3.63, 3.8) is 0 Å². The molecule has 1 saturated heterocycles. The third-order valence-electron chi connectivity index (χ3n) is 6.48. The summed E-state index contributed by atoms with van der Waals surface area (Å²) in [6, 6.07) is 7.01. The van der Waals surface area contributed by atoms with E-state index in [2.05, 4.69) is 14.5 Å². The van der Waals surface area contributed by atoms with Gasteiger partial charge in [0.15, 0.2) is 5.79 Å². The lowest BCUT2D eigenvalue weighted by atomic mass is 9.80. The average Bonchev–Trinajstić information content (AvgIpc) is 3.35. The van der Waals surface area contributed by atoms with Crippen molar-refractivity contribution in [1.82, 2.24) is 14.5 Å². The summed E-state index contributed by atoms with van der Waals surface area (Å²) in [6.45, 7) is 5.57. The molecule has 1 N–H and O–H groups in total. The van der Waals surface area contributed by atoms with Gasteiger partial charge in [0, 0.05) is 12.1 Å². The summed E-state index contributed by atoms with van der Waals surface area (Å²) in [4.78, 5) is 8.51. The van der Waals surface area contributed by atoms with Gasteiger partial charge in [-0.25, -0.2) is 9.97 Å². The van der Waals surface area contributed by atoms with Crippen molar-refractivity contribution in [3.8, 4) is 0 Å². The minimum absolute atomic E-state index is 0.102. The van der Waals surface area contributed by atoms with E-state index in [1.165, 1.54) is 6.33 Å². The molecule has 5 atom stereocenters. The molecule has 0 amide bonds. The topological polar surface area (TPSA) is 69.4 Å². The second-order valence-corrected chi connectivity index (χ2v) is 10.0. The Morgan fingerprint density at radius 1 is 1.10 bits per heavy atom. The number of ether oxygens (including phenoxy) is 2. The molecule has 2 aliphatic rings. The van der Waals surface area contributed by atoms with E-state index < -0.39 is 11.4 Å². The predicted molar refractivity (Wildman–Crippen MR) is 120 cm³/mol. The lowest BCUT2D eigenvalue weighted by Gasteiger charge is -2.34. The van der Waals surface area contributed by atoms with E-state index in [0.29, 0.717) is 27.2 Å². The SMILES string of the molecule is CC1(C)O[C@@H]2[C@H](O1)[C@@H](C(C)(O)c1ccc(Cl)c(Cl)c1)C[C@H]2n1ccc2c(Cl)ncnc21. The second kappa shape index (κ2) is 7.30. The van der Waals surface area contributed by atoms with Crippen LogP contribution in [0, 0.1) is 5.92 Å². The van der Waals surface area contributed by atoms with Crippen molar-refractivity contribution in [2.24, 2.45) is 5.92 Å². The standard InChI is InChI=1S/C22H22Cl3N3O3/c1-21(2)30-17-13(22(3,29)11-4-5-14(23)15(24)8-11)9-16(18(17)31-21)28-7-6-12-19(25)26-10-27-20(12)28/h4-8,10,13,16-18,29H,9H2,1-3H3/t13-,16+,17+,18-,22?/m0/s1. The van der Waals surface area contributed by atoms with Crippen LogP contribution < -0.4 is 0 Å². The Kier molecular flexibility index (Phi) is 5.05. The second-order valence-electron chi connectivity index (χ2n) is 8.88.